The Morgan fingerprint density at radius 2 is 1.67 bits per heavy atom. The molecule has 1 amide bonds. The van der Waals surface area contributed by atoms with E-state index in [1.54, 1.807) is 18.2 Å². The van der Waals surface area contributed by atoms with Crippen LogP contribution in [-0.4, -0.2) is 37.0 Å². The summed E-state index contributed by atoms with van der Waals surface area (Å²) in [5, 5.41) is 11.7. The van der Waals surface area contributed by atoms with Crippen molar-refractivity contribution in [2.75, 3.05) is 30.0 Å². The van der Waals surface area contributed by atoms with E-state index in [4.69, 9.17) is 16.3 Å². The highest BCUT2D eigenvalue weighted by Gasteiger charge is 2.47. The number of aliphatic hydroxyl groups excluding tert-OH is 1. The molecule has 2 aliphatic rings. The summed E-state index contributed by atoms with van der Waals surface area (Å²) in [4.78, 5) is 30.6. The summed E-state index contributed by atoms with van der Waals surface area (Å²) in [5.41, 5.74) is 3.78. The van der Waals surface area contributed by atoms with Gasteiger partial charge in [-0.05, 0) is 67.8 Å². The van der Waals surface area contributed by atoms with Gasteiger partial charge in [-0.25, -0.2) is 0 Å². The smallest absolute Gasteiger partial charge is 0.300 e. The van der Waals surface area contributed by atoms with E-state index >= 15 is 0 Å². The van der Waals surface area contributed by atoms with Gasteiger partial charge in [0.1, 0.15) is 11.5 Å². The summed E-state index contributed by atoms with van der Waals surface area (Å²) >= 11 is 6.16. The third-order valence-corrected chi connectivity index (χ3v) is 7.14. The summed E-state index contributed by atoms with van der Waals surface area (Å²) in [7, 11) is 1.47. The van der Waals surface area contributed by atoms with Gasteiger partial charge in [0.2, 0.25) is 0 Å². The van der Waals surface area contributed by atoms with Crippen molar-refractivity contribution >= 4 is 40.4 Å². The predicted octanol–water partition coefficient (Wildman–Crippen LogP) is 5.88. The van der Waals surface area contributed by atoms with E-state index in [1.807, 2.05) is 55.5 Å². The molecule has 7 heteroatoms. The van der Waals surface area contributed by atoms with Crippen LogP contribution in [0.4, 0.5) is 11.4 Å². The topological polar surface area (TPSA) is 70.1 Å². The van der Waals surface area contributed by atoms with Crippen LogP contribution >= 0.6 is 11.6 Å². The van der Waals surface area contributed by atoms with Crippen LogP contribution in [0.1, 0.15) is 35.6 Å². The van der Waals surface area contributed by atoms with Gasteiger partial charge in [-0.2, -0.15) is 0 Å². The van der Waals surface area contributed by atoms with Gasteiger partial charge in [-0.1, -0.05) is 41.4 Å². The van der Waals surface area contributed by atoms with Crippen LogP contribution in [-0.2, 0) is 9.59 Å². The molecule has 1 unspecified atom stereocenters. The molecule has 2 fully saturated rings. The number of nitrogens with zero attached hydrogens (tertiary/aromatic N) is 2. The third kappa shape index (κ3) is 4.22. The Morgan fingerprint density at radius 1 is 0.972 bits per heavy atom. The van der Waals surface area contributed by atoms with Gasteiger partial charge in [0.15, 0.2) is 0 Å². The molecule has 0 saturated carbocycles. The molecular weight excluding hydrogens is 476 g/mol. The first-order valence-electron chi connectivity index (χ1n) is 12.0. The predicted molar refractivity (Wildman–Crippen MR) is 142 cm³/mol. The molecule has 184 valence electrons. The Hall–Kier alpha value is -3.77. The Bertz CT molecular complexity index is 1360. The molecule has 2 heterocycles. The highest BCUT2D eigenvalue weighted by atomic mass is 35.5. The molecule has 0 bridgehead atoms. The number of ether oxygens (including phenoxy) is 1. The maximum Gasteiger partial charge on any atom is 0.300 e. The fourth-order valence-corrected chi connectivity index (χ4v) is 5.21. The quantitative estimate of drug-likeness (QED) is 0.268. The molecule has 0 aromatic heterocycles. The highest BCUT2D eigenvalue weighted by Crippen LogP contribution is 2.43. The first-order valence-corrected chi connectivity index (χ1v) is 12.3. The van der Waals surface area contributed by atoms with Crippen molar-refractivity contribution in [3.05, 3.63) is 94.0 Å². The summed E-state index contributed by atoms with van der Waals surface area (Å²) < 4.78 is 5.29. The molecule has 36 heavy (non-hydrogen) atoms. The van der Waals surface area contributed by atoms with E-state index < -0.39 is 17.7 Å². The Balaban J connectivity index is 1.64. The number of hydrogen-bond donors (Lipinski definition) is 1. The maximum atomic E-state index is 13.4. The zero-order valence-electron chi connectivity index (χ0n) is 20.2. The van der Waals surface area contributed by atoms with Gasteiger partial charge in [-0.15, -0.1) is 0 Å². The van der Waals surface area contributed by atoms with E-state index in [9.17, 15) is 14.7 Å². The number of carbonyl (C=O) groups is 2. The van der Waals surface area contributed by atoms with E-state index in [2.05, 4.69) is 4.90 Å². The van der Waals surface area contributed by atoms with Crippen LogP contribution in [0.3, 0.4) is 0 Å². The number of Topliss-reactive ketones (excluding diaryl/α,β-unsaturated/α-hetero) is 1. The highest BCUT2D eigenvalue weighted by molar-refractivity contribution is 6.51. The number of aliphatic hydroxyl groups is 1. The number of anilines is 2. The second-order valence-electron chi connectivity index (χ2n) is 9.14. The lowest BCUT2D eigenvalue weighted by molar-refractivity contribution is -0.132. The number of rotatable bonds is 5. The van der Waals surface area contributed by atoms with Gasteiger partial charge in [0.25, 0.3) is 11.7 Å². The van der Waals surface area contributed by atoms with Crippen LogP contribution < -0.4 is 14.5 Å². The molecule has 3 aromatic rings. The number of amides is 1. The molecule has 0 aliphatic carbocycles. The summed E-state index contributed by atoms with van der Waals surface area (Å²) in [6.45, 7) is 3.97. The molecule has 2 aliphatic heterocycles. The monoisotopic (exact) mass is 502 g/mol. The zero-order valence-corrected chi connectivity index (χ0v) is 21.0. The largest absolute Gasteiger partial charge is 0.507 e. The van der Waals surface area contributed by atoms with Crippen LogP contribution in [0.25, 0.3) is 5.76 Å². The fourth-order valence-electron chi connectivity index (χ4n) is 5.02. The number of carbonyl (C=O) groups excluding carboxylic acids is 2. The second kappa shape index (κ2) is 9.70. The van der Waals surface area contributed by atoms with Crippen molar-refractivity contribution in [2.45, 2.75) is 25.8 Å². The molecule has 6 nitrogen and oxygen atoms in total. The lowest BCUT2D eigenvalue weighted by Crippen LogP contribution is -2.29. The van der Waals surface area contributed by atoms with E-state index in [1.165, 1.54) is 24.9 Å². The molecular formula is C29H27ClN2O4. The van der Waals surface area contributed by atoms with E-state index in [0.717, 1.165) is 29.9 Å². The van der Waals surface area contributed by atoms with Crippen molar-refractivity contribution in [1.82, 2.24) is 0 Å². The van der Waals surface area contributed by atoms with Crippen LogP contribution in [0.5, 0.6) is 5.75 Å². The zero-order chi connectivity index (χ0) is 25.4. The summed E-state index contributed by atoms with van der Waals surface area (Å²) in [6, 6.07) is 19.3. The SMILES string of the molecule is COc1cc(/C(O)=C2/C(=O)C(=O)N(c3ccc(N4CCCC4)cc3)C2c2cccc(C)c2)ccc1Cl. The van der Waals surface area contributed by atoms with Gasteiger partial charge in [0, 0.05) is 30.0 Å². The van der Waals surface area contributed by atoms with Crippen molar-refractivity contribution in [1.29, 1.82) is 0 Å². The Kier molecular flexibility index (Phi) is 6.46. The maximum absolute atomic E-state index is 13.4. The molecule has 2 saturated heterocycles. The minimum Gasteiger partial charge on any atom is -0.507 e. The number of methoxy groups -OCH3 is 1. The van der Waals surface area contributed by atoms with Crippen LogP contribution in [0.15, 0.2) is 72.3 Å². The summed E-state index contributed by atoms with van der Waals surface area (Å²) in [6.07, 6.45) is 2.33. The van der Waals surface area contributed by atoms with Crippen LogP contribution in [0, 0.1) is 6.92 Å². The number of benzene rings is 3. The van der Waals surface area contributed by atoms with Crippen molar-refractivity contribution < 1.29 is 19.4 Å². The van der Waals surface area contributed by atoms with Crippen molar-refractivity contribution in [3.63, 3.8) is 0 Å². The molecule has 5 rings (SSSR count). The first kappa shape index (κ1) is 23.9. The number of hydrogen-bond acceptors (Lipinski definition) is 5. The number of ketones is 1. The average Bonchev–Trinajstić information content (AvgIpc) is 3.51. The minimum atomic E-state index is -0.788. The number of aryl methyl sites for hydroxylation is 1. The molecule has 0 radical (unpaired) electrons. The average molecular weight is 503 g/mol. The van der Waals surface area contributed by atoms with Crippen molar-refractivity contribution in [2.24, 2.45) is 0 Å². The van der Waals surface area contributed by atoms with Gasteiger partial charge in [0.05, 0.1) is 23.7 Å². The molecule has 1 N–H and O–H groups in total. The Morgan fingerprint density at radius 3 is 2.33 bits per heavy atom. The normalized spacial score (nSPS) is 19.2. The standard InChI is InChI=1S/C29H27ClN2O4/c1-18-6-5-7-19(16-18)26-25(27(33)20-8-13-23(30)24(17-20)36-2)28(34)29(35)32(26)22-11-9-21(10-12-22)31-14-3-4-15-31/h5-13,16-17,26,33H,3-4,14-15H2,1-2H3/b27-25-. The van der Waals surface area contributed by atoms with Gasteiger partial charge >= 0.3 is 0 Å². The first-order chi connectivity index (χ1) is 17.4. The third-order valence-electron chi connectivity index (χ3n) is 6.83. The number of halogens is 1. The van der Waals surface area contributed by atoms with Crippen LogP contribution in [0.2, 0.25) is 5.02 Å². The lowest BCUT2D eigenvalue weighted by Gasteiger charge is -2.26. The molecule has 3 aromatic carbocycles. The minimum absolute atomic E-state index is 0.0265. The van der Waals surface area contributed by atoms with E-state index in [-0.39, 0.29) is 11.3 Å². The summed E-state index contributed by atoms with van der Waals surface area (Å²) in [5.74, 6) is -1.33. The second-order valence-corrected chi connectivity index (χ2v) is 9.55. The van der Waals surface area contributed by atoms with Crippen molar-refractivity contribution in [3.8, 4) is 5.75 Å². The Labute approximate surface area is 215 Å². The molecule has 0 spiro atoms. The van der Waals surface area contributed by atoms with Gasteiger partial charge in [-0.3, -0.25) is 14.5 Å². The fraction of sp³-hybridized carbons (Fsp3) is 0.241. The van der Waals surface area contributed by atoms with E-state index in [0.29, 0.717) is 22.0 Å². The lowest BCUT2D eigenvalue weighted by atomic mass is 9.94. The molecule has 1 atom stereocenters. The van der Waals surface area contributed by atoms with Gasteiger partial charge < -0.3 is 14.7 Å².